The molecule has 0 aliphatic rings. The number of hydrogen-bond donors (Lipinski definition) is 1. The van der Waals surface area contributed by atoms with Crippen LogP contribution in [0.5, 0.6) is 0 Å². The minimum Gasteiger partial charge on any atom is -0.296 e. The Hall–Kier alpha value is -2.75. The zero-order chi connectivity index (χ0) is 13.8. The van der Waals surface area contributed by atoms with Gasteiger partial charge in [-0.3, -0.25) is 14.9 Å². The van der Waals surface area contributed by atoms with E-state index in [-0.39, 0.29) is 0 Å². The zero-order valence-electron chi connectivity index (χ0n) is 10.8. The third-order valence-corrected chi connectivity index (χ3v) is 3.14. The normalized spacial score (nSPS) is 10.4. The van der Waals surface area contributed by atoms with Gasteiger partial charge >= 0.3 is 0 Å². The van der Waals surface area contributed by atoms with Crippen LogP contribution in [0.15, 0.2) is 54.9 Å². The monoisotopic (exact) mass is 263 g/mol. The Morgan fingerprint density at radius 2 is 2.00 bits per heavy atom. The molecule has 1 aromatic carbocycles. The summed E-state index contributed by atoms with van der Waals surface area (Å²) in [5, 5.41) is 6.88. The van der Waals surface area contributed by atoms with Gasteiger partial charge in [-0.1, -0.05) is 30.3 Å². The molecule has 2 aromatic heterocycles. The van der Waals surface area contributed by atoms with E-state index in [0.29, 0.717) is 5.69 Å². The van der Waals surface area contributed by atoms with E-state index < -0.39 is 0 Å². The molecule has 20 heavy (non-hydrogen) atoms. The van der Waals surface area contributed by atoms with E-state index in [1.165, 1.54) is 5.56 Å². The number of aromatic amines is 1. The molecular weight excluding hydrogens is 250 g/mol. The lowest BCUT2D eigenvalue weighted by atomic mass is 10.00. The molecule has 4 nitrogen and oxygen atoms in total. The first-order valence-corrected chi connectivity index (χ1v) is 6.34. The molecule has 0 saturated carbocycles. The first kappa shape index (κ1) is 12.3. The predicted octanol–water partition coefficient (Wildman–Crippen LogP) is 2.88. The van der Waals surface area contributed by atoms with Crippen molar-refractivity contribution in [2.45, 2.75) is 6.42 Å². The molecular formula is C16H13N3O. The van der Waals surface area contributed by atoms with Crippen LogP contribution in [-0.2, 0) is 6.42 Å². The lowest BCUT2D eigenvalue weighted by Gasteiger charge is -2.06. The van der Waals surface area contributed by atoms with E-state index in [9.17, 15) is 4.79 Å². The molecule has 0 amide bonds. The first-order chi connectivity index (χ1) is 9.86. The SMILES string of the molecule is O=Cc1cc(-c2ccncc2Cc2ccccc2)n[nH]1. The van der Waals surface area contributed by atoms with Gasteiger partial charge in [-0.25, -0.2) is 0 Å². The standard InChI is InChI=1S/C16H13N3O/c20-11-14-9-16(19-18-14)15-6-7-17-10-13(15)8-12-4-2-1-3-5-12/h1-7,9-11H,8H2,(H,18,19). The van der Waals surface area contributed by atoms with E-state index in [2.05, 4.69) is 27.3 Å². The van der Waals surface area contributed by atoms with Crippen LogP contribution in [0, 0.1) is 0 Å². The Morgan fingerprint density at radius 1 is 1.15 bits per heavy atom. The fourth-order valence-corrected chi connectivity index (χ4v) is 2.17. The number of hydrogen-bond acceptors (Lipinski definition) is 3. The maximum Gasteiger partial charge on any atom is 0.167 e. The average molecular weight is 263 g/mol. The number of aldehydes is 1. The van der Waals surface area contributed by atoms with Crippen molar-refractivity contribution in [1.29, 1.82) is 0 Å². The second-order valence-corrected chi connectivity index (χ2v) is 4.52. The van der Waals surface area contributed by atoms with Crippen LogP contribution >= 0.6 is 0 Å². The van der Waals surface area contributed by atoms with Crippen LogP contribution in [-0.4, -0.2) is 21.5 Å². The van der Waals surface area contributed by atoms with Gasteiger partial charge in [0.2, 0.25) is 0 Å². The van der Waals surface area contributed by atoms with E-state index in [1.807, 2.05) is 30.5 Å². The van der Waals surface area contributed by atoms with Crippen molar-refractivity contribution in [1.82, 2.24) is 15.2 Å². The summed E-state index contributed by atoms with van der Waals surface area (Å²) in [4.78, 5) is 14.9. The smallest absolute Gasteiger partial charge is 0.167 e. The molecule has 0 atom stereocenters. The fraction of sp³-hybridized carbons (Fsp3) is 0.0625. The van der Waals surface area contributed by atoms with E-state index in [0.717, 1.165) is 29.5 Å². The van der Waals surface area contributed by atoms with E-state index in [1.54, 1.807) is 12.3 Å². The van der Waals surface area contributed by atoms with Gasteiger partial charge in [0.25, 0.3) is 0 Å². The van der Waals surface area contributed by atoms with Crippen molar-refractivity contribution in [2.24, 2.45) is 0 Å². The molecule has 3 rings (SSSR count). The zero-order valence-corrected chi connectivity index (χ0v) is 10.8. The molecule has 0 aliphatic carbocycles. The molecule has 0 aliphatic heterocycles. The summed E-state index contributed by atoms with van der Waals surface area (Å²) >= 11 is 0. The van der Waals surface area contributed by atoms with Gasteiger partial charge in [-0.2, -0.15) is 5.10 Å². The number of nitrogens with zero attached hydrogens (tertiary/aromatic N) is 2. The Bertz CT molecular complexity index is 719. The minimum absolute atomic E-state index is 0.475. The molecule has 3 aromatic rings. The van der Waals surface area contributed by atoms with Crippen molar-refractivity contribution in [2.75, 3.05) is 0 Å². The van der Waals surface area contributed by atoms with E-state index >= 15 is 0 Å². The number of pyridine rings is 1. The summed E-state index contributed by atoms with van der Waals surface area (Å²) in [6.07, 6.45) is 5.12. The molecule has 0 radical (unpaired) electrons. The molecule has 4 heteroatoms. The summed E-state index contributed by atoms with van der Waals surface area (Å²) in [6, 6.07) is 13.9. The molecule has 0 bridgehead atoms. The summed E-state index contributed by atoms with van der Waals surface area (Å²) in [7, 11) is 0. The number of nitrogens with one attached hydrogen (secondary N) is 1. The number of aromatic nitrogens is 3. The second kappa shape index (κ2) is 5.48. The van der Waals surface area contributed by atoms with Crippen LogP contribution in [0.2, 0.25) is 0 Å². The number of carbonyl (C=O) groups is 1. The topological polar surface area (TPSA) is 58.6 Å². The van der Waals surface area contributed by atoms with Crippen LogP contribution in [0.25, 0.3) is 11.3 Å². The Kier molecular flexibility index (Phi) is 3.37. The quantitative estimate of drug-likeness (QED) is 0.736. The van der Waals surface area contributed by atoms with Crippen LogP contribution in [0.4, 0.5) is 0 Å². The van der Waals surface area contributed by atoms with E-state index in [4.69, 9.17) is 0 Å². The van der Waals surface area contributed by atoms with Crippen molar-refractivity contribution in [3.63, 3.8) is 0 Å². The number of carbonyl (C=O) groups excluding carboxylic acids is 1. The first-order valence-electron chi connectivity index (χ1n) is 6.34. The molecule has 0 saturated heterocycles. The number of rotatable bonds is 4. The minimum atomic E-state index is 0.475. The van der Waals surface area contributed by atoms with Gasteiger partial charge in [0, 0.05) is 18.0 Å². The summed E-state index contributed by atoms with van der Waals surface area (Å²) in [5.74, 6) is 0. The molecule has 2 heterocycles. The lowest BCUT2D eigenvalue weighted by Crippen LogP contribution is -1.93. The van der Waals surface area contributed by atoms with Gasteiger partial charge in [-0.15, -0.1) is 0 Å². The Morgan fingerprint density at radius 3 is 2.75 bits per heavy atom. The molecule has 98 valence electrons. The molecule has 0 spiro atoms. The van der Waals surface area contributed by atoms with Crippen LogP contribution in [0.1, 0.15) is 21.6 Å². The van der Waals surface area contributed by atoms with Gasteiger partial charge < -0.3 is 0 Å². The highest BCUT2D eigenvalue weighted by atomic mass is 16.1. The lowest BCUT2D eigenvalue weighted by molar-refractivity contribution is 0.111. The van der Waals surface area contributed by atoms with Gasteiger partial charge in [0.15, 0.2) is 6.29 Å². The number of H-pyrrole nitrogens is 1. The van der Waals surface area contributed by atoms with Gasteiger partial charge in [0.05, 0.1) is 11.4 Å². The van der Waals surface area contributed by atoms with Gasteiger partial charge in [0.1, 0.15) is 0 Å². The highest BCUT2D eigenvalue weighted by Crippen LogP contribution is 2.23. The average Bonchev–Trinajstić information content (AvgIpc) is 2.98. The molecule has 0 unspecified atom stereocenters. The highest BCUT2D eigenvalue weighted by molar-refractivity contribution is 5.76. The fourth-order valence-electron chi connectivity index (χ4n) is 2.17. The highest BCUT2D eigenvalue weighted by Gasteiger charge is 2.09. The maximum absolute atomic E-state index is 10.7. The van der Waals surface area contributed by atoms with Crippen LogP contribution < -0.4 is 0 Å². The van der Waals surface area contributed by atoms with Crippen molar-refractivity contribution >= 4 is 6.29 Å². The van der Waals surface area contributed by atoms with Gasteiger partial charge in [-0.05, 0) is 29.7 Å². The molecule has 0 fully saturated rings. The number of benzene rings is 1. The van der Waals surface area contributed by atoms with Crippen molar-refractivity contribution in [3.8, 4) is 11.3 Å². The summed E-state index contributed by atoms with van der Waals surface area (Å²) in [6.45, 7) is 0. The summed E-state index contributed by atoms with van der Waals surface area (Å²) in [5.41, 5.74) is 4.53. The van der Waals surface area contributed by atoms with Crippen molar-refractivity contribution in [3.05, 3.63) is 71.7 Å². The second-order valence-electron chi connectivity index (χ2n) is 4.52. The third kappa shape index (κ3) is 2.49. The maximum atomic E-state index is 10.7. The third-order valence-electron chi connectivity index (χ3n) is 3.14. The van der Waals surface area contributed by atoms with Crippen LogP contribution in [0.3, 0.4) is 0 Å². The molecule has 1 N–H and O–H groups in total. The van der Waals surface area contributed by atoms with Crippen molar-refractivity contribution < 1.29 is 4.79 Å². The summed E-state index contributed by atoms with van der Waals surface area (Å²) < 4.78 is 0. The Labute approximate surface area is 116 Å². The largest absolute Gasteiger partial charge is 0.296 e. The Balaban J connectivity index is 1.98. The predicted molar refractivity (Wildman–Crippen MR) is 76.5 cm³/mol.